The van der Waals surface area contributed by atoms with E-state index >= 15 is 0 Å². The van der Waals surface area contributed by atoms with Gasteiger partial charge in [0.15, 0.2) is 0 Å². The fourth-order valence-electron chi connectivity index (χ4n) is 1.95. The van der Waals surface area contributed by atoms with E-state index in [0.29, 0.717) is 5.56 Å². The van der Waals surface area contributed by atoms with Crippen LogP contribution in [0.25, 0.3) is 0 Å². The highest BCUT2D eigenvalue weighted by Gasteiger charge is 2.31. The second-order valence-corrected chi connectivity index (χ2v) is 6.54. The Hall–Kier alpha value is -2.18. The summed E-state index contributed by atoms with van der Waals surface area (Å²) in [6.07, 6.45) is 0.231. The quantitative estimate of drug-likeness (QED) is 0.670. The molecular formula is C18H22O6. The lowest BCUT2D eigenvalue weighted by Gasteiger charge is -2.29. The van der Waals surface area contributed by atoms with Gasteiger partial charge in [-0.25, -0.2) is 4.79 Å². The highest BCUT2D eigenvalue weighted by Crippen LogP contribution is 2.19. The first kappa shape index (κ1) is 18.2. The third-order valence-corrected chi connectivity index (χ3v) is 3.38. The molecular weight excluding hydrogens is 312 g/mol. The number of carbonyl (C=O) groups excluding carboxylic acids is 2. The van der Waals surface area contributed by atoms with Gasteiger partial charge in [0, 0.05) is 0 Å². The van der Waals surface area contributed by atoms with Crippen LogP contribution in [0.4, 0.5) is 0 Å². The van der Waals surface area contributed by atoms with E-state index in [1.54, 1.807) is 51.1 Å². The smallest absolute Gasteiger partial charge is 0.340 e. The normalized spacial score (nSPS) is 23.6. The third-order valence-electron chi connectivity index (χ3n) is 3.38. The molecule has 0 aliphatic carbocycles. The maximum Gasteiger partial charge on any atom is 0.340 e. The van der Waals surface area contributed by atoms with Gasteiger partial charge in [-0.05, 0) is 39.0 Å². The molecule has 0 spiro atoms. The molecule has 6 heteroatoms. The number of aliphatic hydroxyl groups is 1. The number of aliphatic hydroxyl groups excluding tert-OH is 1. The average Bonchev–Trinajstić information content (AvgIpc) is 2.54. The van der Waals surface area contributed by atoms with Crippen molar-refractivity contribution in [1.82, 2.24) is 0 Å². The van der Waals surface area contributed by atoms with Gasteiger partial charge in [-0.1, -0.05) is 24.3 Å². The molecule has 1 aromatic carbocycles. The summed E-state index contributed by atoms with van der Waals surface area (Å²) in [6, 6.07) is 8.52. The fourth-order valence-corrected chi connectivity index (χ4v) is 1.95. The molecule has 6 nitrogen and oxygen atoms in total. The number of esters is 2. The summed E-state index contributed by atoms with van der Waals surface area (Å²) >= 11 is 0. The zero-order valence-corrected chi connectivity index (χ0v) is 14.0. The Morgan fingerprint density at radius 2 is 1.83 bits per heavy atom. The Kier molecular flexibility index (Phi) is 5.75. The molecule has 0 aromatic heterocycles. The molecule has 1 N–H and O–H groups in total. The molecule has 0 saturated carbocycles. The summed E-state index contributed by atoms with van der Waals surface area (Å²) in [4.78, 5) is 23.8. The minimum absolute atomic E-state index is 0.124. The van der Waals surface area contributed by atoms with Crippen molar-refractivity contribution in [2.75, 3.05) is 6.61 Å². The number of hydrogen-bond donors (Lipinski definition) is 1. The van der Waals surface area contributed by atoms with Gasteiger partial charge < -0.3 is 19.3 Å². The predicted molar refractivity (Wildman–Crippen MR) is 86.1 cm³/mol. The standard InChI is InChI=1S/C18H22O6/c1-18(2,3)17(21)22-11-14-13(19)9-10-15(23-14)24-16(20)12-7-5-4-6-8-12/h4-10,13-15,19H,11H2,1-3H3/t13-,14+,15+/m0/s1. The van der Waals surface area contributed by atoms with Crippen LogP contribution in [0, 0.1) is 5.41 Å². The topological polar surface area (TPSA) is 82.1 Å². The van der Waals surface area contributed by atoms with Crippen LogP contribution in [-0.2, 0) is 19.0 Å². The average molecular weight is 334 g/mol. The molecule has 0 saturated heterocycles. The summed E-state index contributed by atoms with van der Waals surface area (Å²) in [5.41, 5.74) is -0.245. The Morgan fingerprint density at radius 1 is 1.17 bits per heavy atom. The van der Waals surface area contributed by atoms with Crippen molar-refractivity contribution >= 4 is 11.9 Å². The lowest BCUT2D eigenvalue weighted by Crippen LogP contribution is -2.41. The highest BCUT2D eigenvalue weighted by molar-refractivity contribution is 5.89. The van der Waals surface area contributed by atoms with Crippen LogP contribution >= 0.6 is 0 Å². The molecule has 24 heavy (non-hydrogen) atoms. The summed E-state index contributed by atoms with van der Waals surface area (Å²) in [6.45, 7) is 5.08. The number of carbonyl (C=O) groups is 2. The zero-order chi connectivity index (χ0) is 17.7. The van der Waals surface area contributed by atoms with Crippen molar-refractivity contribution in [2.24, 2.45) is 5.41 Å². The largest absolute Gasteiger partial charge is 0.462 e. The molecule has 0 radical (unpaired) electrons. The van der Waals surface area contributed by atoms with Crippen LogP contribution in [0.2, 0.25) is 0 Å². The molecule has 0 unspecified atom stereocenters. The summed E-state index contributed by atoms with van der Waals surface area (Å²) in [5.74, 6) is -0.933. The van der Waals surface area contributed by atoms with Crippen molar-refractivity contribution < 1.29 is 28.9 Å². The van der Waals surface area contributed by atoms with E-state index in [9.17, 15) is 14.7 Å². The lowest BCUT2D eigenvalue weighted by molar-refractivity contribution is -0.178. The van der Waals surface area contributed by atoms with Gasteiger partial charge in [0.25, 0.3) is 0 Å². The van der Waals surface area contributed by atoms with Gasteiger partial charge >= 0.3 is 11.9 Å². The second-order valence-electron chi connectivity index (χ2n) is 6.54. The monoisotopic (exact) mass is 334 g/mol. The number of ether oxygens (including phenoxy) is 3. The van der Waals surface area contributed by atoms with E-state index in [4.69, 9.17) is 14.2 Å². The van der Waals surface area contributed by atoms with E-state index in [1.807, 2.05) is 0 Å². The van der Waals surface area contributed by atoms with Crippen LogP contribution in [0.5, 0.6) is 0 Å². The number of benzene rings is 1. The predicted octanol–water partition coefficient (Wildman–Crippen LogP) is 2.07. The van der Waals surface area contributed by atoms with Crippen molar-refractivity contribution in [3.8, 4) is 0 Å². The maximum absolute atomic E-state index is 12.0. The fraction of sp³-hybridized carbons (Fsp3) is 0.444. The highest BCUT2D eigenvalue weighted by atomic mass is 16.7. The van der Waals surface area contributed by atoms with Gasteiger partial charge in [-0.15, -0.1) is 0 Å². The molecule has 2 rings (SSSR count). The van der Waals surface area contributed by atoms with Crippen molar-refractivity contribution in [3.05, 3.63) is 48.0 Å². The Balaban J connectivity index is 1.91. The Morgan fingerprint density at radius 3 is 2.46 bits per heavy atom. The van der Waals surface area contributed by atoms with E-state index in [0.717, 1.165) is 0 Å². The zero-order valence-electron chi connectivity index (χ0n) is 14.0. The maximum atomic E-state index is 12.0. The van der Waals surface area contributed by atoms with Gasteiger partial charge in [0.05, 0.1) is 11.0 Å². The van der Waals surface area contributed by atoms with Gasteiger partial charge in [-0.2, -0.15) is 0 Å². The molecule has 0 fully saturated rings. The third kappa shape index (κ3) is 4.91. The molecule has 1 heterocycles. The van der Waals surface area contributed by atoms with E-state index in [-0.39, 0.29) is 6.61 Å². The molecule has 1 aliphatic rings. The minimum Gasteiger partial charge on any atom is -0.462 e. The van der Waals surface area contributed by atoms with Crippen molar-refractivity contribution in [2.45, 2.75) is 39.3 Å². The molecule has 0 bridgehead atoms. The van der Waals surface area contributed by atoms with Gasteiger partial charge in [0.1, 0.15) is 18.8 Å². The molecule has 0 amide bonds. The summed E-state index contributed by atoms with van der Waals surface area (Å²) < 4.78 is 15.9. The van der Waals surface area contributed by atoms with E-state index < -0.39 is 35.9 Å². The summed E-state index contributed by atoms with van der Waals surface area (Å²) in [7, 11) is 0. The van der Waals surface area contributed by atoms with Crippen LogP contribution in [0.3, 0.4) is 0 Å². The first-order valence-corrected chi connectivity index (χ1v) is 7.72. The second kappa shape index (κ2) is 7.59. The molecule has 1 aromatic rings. The Bertz CT molecular complexity index is 602. The van der Waals surface area contributed by atoms with Gasteiger partial charge in [0.2, 0.25) is 6.29 Å². The van der Waals surface area contributed by atoms with E-state index in [2.05, 4.69) is 0 Å². The minimum atomic E-state index is -0.945. The van der Waals surface area contributed by atoms with Gasteiger partial charge in [-0.3, -0.25) is 4.79 Å². The van der Waals surface area contributed by atoms with Crippen molar-refractivity contribution in [3.63, 3.8) is 0 Å². The van der Waals surface area contributed by atoms with Crippen LogP contribution in [0.15, 0.2) is 42.5 Å². The molecule has 130 valence electrons. The lowest BCUT2D eigenvalue weighted by atomic mass is 9.97. The van der Waals surface area contributed by atoms with Crippen LogP contribution in [-0.4, -0.2) is 42.1 Å². The first-order chi connectivity index (χ1) is 11.3. The Labute approximate surface area is 141 Å². The van der Waals surface area contributed by atoms with Crippen LogP contribution in [0.1, 0.15) is 31.1 Å². The number of rotatable bonds is 4. The SMILES string of the molecule is CC(C)(C)C(=O)OC[C@H]1O[C@H](OC(=O)c2ccccc2)C=C[C@@H]1O. The summed E-state index contributed by atoms with van der Waals surface area (Å²) in [5, 5.41) is 9.91. The van der Waals surface area contributed by atoms with Crippen LogP contribution < -0.4 is 0 Å². The molecule has 3 atom stereocenters. The number of hydrogen-bond acceptors (Lipinski definition) is 6. The van der Waals surface area contributed by atoms with Crippen molar-refractivity contribution in [1.29, 1.82) is 0 Å². The first-order valence-electron chi connectivity index (χ1n) is 7.72. The molecule has 1 aliphatic heterocycles. The van der Waals surface area contributed by atoms with E-state index in [1.165, 1.54) is 12.2 Å².